The van der Waals surface area contributed by atoms with Gasteiger partial charge in [0.25, 0.3) is 0 Å². The third-order valence-corrected chi connectivity index (χ3v) is 4.34. The number of rotatable bonds is 2. The maximum atomic E-state index is 10.4. The molecule has 2 bridgehead atoms. The zero-order valence-corrected chi connectivity index (χ0v) is 9.10. The Morgan fingerprint density at radius 3 is 2.47 bits per heavy atom. The van der Waals surface area contributed by atoms with Crippen molar-refractivity contribution >= 4 is 0 Å². The van der Waals surface area contributed by atoms with E-state index in [9.17, 15) is 5.11 Å². The molecule has 3 heteroatoms. The molecule has 86 valence electrons. The zero-order valence-electron chi connectivity index (χ0n) is 9.10. The van der Waals surface area contributed by atoms with Crippen molar-refractivity contribution in [1.82, 2.24) is 0 Å². The van der Waals surface area contributed by atoms with Crippen LogP contribution in [0.25, 0.3) is 0 Å². The highest BCUT2D eigenvalue weighted by Crippen LogP contribution is 2.42. The number of hydrogen-bond acceptors (Lipinski definition) is 3. The molecule has 3 nitrogen and oxygen atoms in total. The predicted octanol–water partition coefficient (Wildman–Crippen LogP) is 1.34. The molecular weight excluding hydrogens is 192 g/mol. The summed E-state index contributed by atoms with van der Waals surface area (Å²) >= 11 is 0. The molecule has 1 N–H and O–H groups in total. The summed E-state index contributed by atoms with van der Waals surface area (Å²) in [5, 5.41) is 10.4. The molecule has 3 saturated heterocycles. The molecule has 3 fully saturated rings. The van der Waals surface area contributed by atoms with Gasteiger partial charge in [0.05, 0.1) is 18.3 Å². The first-order chi connectivity index (χ1) is 7.34. The Morgan fingerprint density at radius 2 is 1.87 bits per heavy atom. The minimum Gasteiger partial charge on any atom is -0.392 e. The molecule has 0 aliphatic carbocycles. The Bertz CT molecular complexity index is 225. The summed E-state index contributed by atoms with van der Waals surface area (Å²) in [5.74, 6) is 0.860. The highest BCUT2D eigenvalue weighted by Gasteiger charge is 2.45. The maximum absolute atomic E-state index is 10.4. The van der Waals surface area contributed by atoms with Crippen molar-refractivity contribution in [3.8, 4) is 0 Å². The van der Waals surface area contributed by atoms with Gasteiger partial charge in [0.1, 0.15) is 0 Å². The van der Waals surface area contributed by atoms with E-state index in [-0.39, 0.29) is 6.10 Å². The van der Waals surface area contributed by atoms with Crippen LogP contribution in [-0.2, 0) is 9.47 Å². The fourth-order valence-corrected chi connectivity index (χ4v) is 3.44. The van der Waals surface area contributed by atoms with E-state index in [1.807, 2.05) is 0 Å². The van der Waals surface area contributed by atoms with Crippen LogP contribution in [-0.4, -0.2) is 36.6 Å². The molecule has 4 unspecified atom stereocenters. The Kier molecular flexibility index (Phi) is 2.71. The average molecular weight is 212 g/mol. The molecule has 3 aliphatic heterocycles. The molecule has 0 aromatic rings. The van der Waals surface area contributed by atoms with Gasteiger partial charge in [-0.05, 0) is 38.0 Å². The van der Waals surface area contributed by atoms with Gasteiger partial charge >= 0.3 is 0 Å². The molecule has 3 aliphatic rings. The summed E-state index contributed by atoms with van der Waals surface area (Å²) < 4.78 is 11.1. The first kappa shape index (κ1) is 10.1. The maximum Gasteiger partial charge on any atom is 0.0633 e. The van der Waals surface area contributed by atoms with Gasteiger partial charge in [-0.1, -0.05) is 0 Å². The van der Waals surface area contributed by atoms with Crippen molar-refractivity contribution in [3.05, 3.63) is 0 Å². The molecule has 3 rings (SSSR count). The smallest absolute Gasteiger partial charge is 0.0633 e. The summed E-state index contributed by atoms with van der Waals surface area (Å²) in [6.07, 6.45) is 6.16. The largest absolute Gasteiger partial charge is 0.392 e. The summed E-state index contributed by atoms with van der Waals surface area (Å²) in [5.41, 5.74) is 0. The van der Waals surface area contributed by atoms with E-state index in [0.29, 0.717) is 24.0 Å². The molecule has 0 radical (unpaired) electrons. The summed E-state index contributed by atoms with van der Waals surface area (Å²) in [7, 11) is 0. The molecule has 0 amide bonds. The molecule has 15 heavy (non-hydrogen) atoms. The second-order valence-electron chi connectivity index (χ2n) is 5.21. The summed E-state index contributed by atoms with van der Waals surface area (Å²) in [4.78, 5) is 0. The summed E-state index contributed by atoms with van der Waals surface area (Å²) in [6.45, 7) is 1.65. The number of fused-ring (bicyclic) bond motifs is 2. The van der Waals surface area contributed by atoms with Crippen LogP contribution < -0.4 is 0 Å². The predicted molar refractivity (Wildman–Crippen MR) is 55.6 cm³/mol. The Hall–Kier alpha value is -0.120. The van der Waals surface area contributed by atoms with Crippen molar-refractivity contribution in [2.24, 2.45) is 11.8 Å². The second kappa shape index (κ2) is 4.04. The van der Waals surface area contributed by atoms with Gasteiger partial charge in [0, 0.05) is 19.1 Å². The van der Waals surface area contributed by atoms with Gasteiger partial charge in [-0.3, -0.25) is 0 Å². The first-order valence-electron chi connectivity index (χ1n) is 6.26. The zero-order chi connectivity index (χ0) is 10.3. The molecule has 0 aromatic heterocycles. The molecule has 3 heterocycles. The number of aliphatic hydroxyl groups excluding tert-OH is 1. The molecule has 0 spiro atoms. The standard InChI is InChI=1S/C12H20O3/c13-12(8-3-5-14-6-4-8)10-7-9-1-2-11(10)15-9/h8-13H,1-7H2. The lowest BCUT2D eigenvalue weighted by Crippen LogP contribution is -2.37. The minimum atomic E-state index is -0.149. The highest BCUT2D eigenvalue weighted by atomic mass is 16.5. The van der Waals surface area contributed by atoms with E-state index in [1.54, 1.807) is 0 Å². The van der Waals surface area contributed by atoms with Gasteiger partial charge in [0.15, 0.2) is 0 Å². The third kappa shape index (κ3) is 1.81. The van der Waals surface area contributed by atoms with E-state index in [4.69, 9.17) is 9.47 Å². The number of hydrogen-bond donors (Lipinski definition) is 1. The van der Waals surface area contributed by atoms with Crippen LogP contribution in [0.5, 0.6) is 0 Å². The average Bonchev–Trinajstić information content (AvgIpc) is 2.91. The van der Waals surface area contributed by atoms with Crippen LogP contribution >= 0.6 is 0 Å². The Balaban J connectivity index is 1.61. The van der Waals surface area contributed by atoms with Crippen LogP contribution in [0.15, 0.2) is 0 Å². The fourth-order valence-electron chi connectivity index (χ4n) is 3.44. The van der Waals surface area contributed by atoms with Gasteiger partial charge in [0.2, 0.25) is 0 Å². The normalized spacial score (nSPS) is 43.4. The quantitative estimate of drug-likeness (QED) is 0.750. The number of aliphatic hydroxyl groups is 1. The second-order valence-corrected chi connectivity index (χ2v) is 5.21. The molecule has 4 atom stereocenters. The lowest BCUT2D eigenvalue weighted by atomic mass is 9.78. The van der Waals surface area contributed by atoms with E-state index in [1.165, 1.54) is 6.42 Å². The minimum absolute atomic E-state index is 0.149. The fraction of sp³-hybridized carbons (Fsp3) is 1.00. The lowest BCUT2D eigenvalue weighted by Gasteiger charge is -2.33. The van der Waals surface area contributed by atoms with Crippen molar-refractivity contribution in [1.29, 1.82) is 0 Å². The van der Waals surface area contributed by atoms with Crippen LogP contribution in [0.4, 0.5) is 0 Å². The monoisotopic (exact) mass is 212 g/mol. The van der Waals surface area contributed by atoms with E-state index >= 15 is 0 Å². The molecular formula is C12H20O3. The van der Waals surface area contributed by atoms with Gasteiger partial charge in [-0.2, -0.15) is 0 Å². The molecule has 0 aromatic carbocycles. The SMILES string of the molecule is OC(C1CCOCC1)C1CC2CCC1O2. The van der Waals surface area contributed by atoms with Crippen LogP contribution in [0.3, 0.4) is 0 Å². The van der Waals surface area contributed by atoms with Gasteiger partial charge in [-0.15, -0.1) is 0 Å². The molecule has 0 saturated carbocycles. The Labute approximate surface area is 90.8 Å². The van der Waals surface area contributed by atoms with Gasteiger partial charge in [-0.25, -0.2) is 0 Å². The number of ether oxygens (including phenoxy) is 2. The van der Waals surface area contributed by atoms with Crippen molar-refractivity contribution < 1.29 is 14.6 Å². The summed E-state index contributed by atoms with van der Waals surface area (Å²) in [6, 6.07) is 0. The van der Waals surface area contributed by atoms with Crippen molar-refractivity contribution in [2.45, 2.75) is 50.4 Å². The topological polar surface area (TPSA) is 38.7 Å². The van der Waals surface area contributed by atoms with Crippen LogP contribution in [0.1, 0.15) is 32.1 Å². The highest BCUT2D eigenvalue weighted by molar-refractivity contribution is 4.94. The van der Waals surface area contributed by atoms with Crippen LogP contribution in [0, 0.1) is 11.8 Å². The van der Waals surface area contributed by atoms with Crippen molar-refractivity contribution in [2.75, 3.05) is 13.2 Å². The van der Waals surface area contributed by atoms with E-state index in [0.717, 1.165) is 38.9 Å². The Morgan fingerprint density at radius 1 is 1.07 bits per heavy atom. The first-order valence-corrected chi connectivity index (χ1v) is 6.26. The van der Waals surface area contributed by atoms with Crippen LogP contribution in [0.2, 0.25) is 0 Å². The lowest BCUT2D eigenvalue weighted by molar-refractivity contribution is -0.0336. The van der Waals surface area contributed by atoms with Gasteiger partial charge < -0.3 is 14.6 Å². The third-order valence-electron chi connectivity index (χ3n) is 4.34. The van der Waals surface area contributed by atoms with E-state index in [2.05, 4.69) is 0 Å². The van der Waals surface area contributed by atoms with E-state index < -0.39 is 0 Å². The van der Waals surface area contributed by atoms with Crippen molar-refractivity contribution in [3.63, 3.8) is 0 Å².